The predicted molar refractivity (Wildman–Crippen MR) is 102 cm³/mol. The SMILES string of the molecule is Cc1ccc2c(c1)C(=NOC(=O)CCCl)C(=O)N2Cc1cccc(C(F)(F)F)c1. The molecule has 0 spiro atoms. The van der Waals surface area contributed by atoms with Crippen LogP contribution in [0, 0.1) is 6.92 Å². The molecule has 0 radical (unpaired) electrons. The average molecular weight is 425 g/mol. The molecule has 2 aromatic rings. The number of fused-ring (bicyclic) bond motifs is 1. The van der Waals surface area contributed by atoms with Crippen LogP contribution in [-0.2, 0) is 27.1 Å². The largest absolute Gasteiger partial charge is 0.416 e. The van der Waals surface area contributed by atoms with Gasteiger partial charge in [-0.15, -0.1) is 11.6 Å². The molecule has 0 bridgehead atoms. The lowest BCUT2D eigenvalue weighted by molar-refractivity contribution is -0.143. The molecule has 5 nitrogen and oxygen atoms in total. The summed E-state index contributed by atoms with van der Waals surface area (Å²) in [6, 6.07) is 9.91. The summed E-state index contributed by atoms with van der Waals surface area (Å²) in [6.45, 7) is 1.73. The second kappa shape index (κ2) is 8.24. The third kappa shape index (κ3) is 4.59. The lowest BCUT2D eigenvalue weighted by Crippen LogP contribution is -2.30. The van der Waals surface area contributed by atoms with Gasteiger partial charge in [0.15, 0.2) is 5.71 Å². The number of benzene rings is 2. The average Bonchev–Trinajstić information content (AvgIpc) is 2.90. The van der Waals surface area contributed by atoms with Crippen LogP contribution < -0.4 is 4.90 Å². The van der Waals surface area contributed by atoms with Crippen LogP contribution in [0.4, 0.5) is 18.9 Å². The van der Waals surface area contributed by atoms with E-state index in [9.17, 15) is 22.8 Å². The number of carbonyl (C=O) groups is 2. The van der Waals surface area contributed by atoms with Gasteiger partial charge in [0, 0.05) is 11.4 Å². The minimum Gasteiger partial charge on any atom is -0.317 e. The topological polar surface area (TPSA) is 59.0 Å². The van der Waals surface area contributed by atoms with E-state index in [0.29, 0.717) is 16.8 Å². The van der Waals surface area contributed by atoms with Crippen molar-refractivity contribution in [1.29, 1.82) is 0 Å². The number of alkyl halides is 4. The summed E-state index contributed by atoms with van der Waals surface area (Å²) in [5.74, 6) is -1.21. The van der Waals surface area contributed by atoms with Gasteiger partial charge in [-0.05, 0) is 36.8 Å². The molecule has 0 atom stereocenters. The first-order valence-corrected chi connectivity index (χ1v) is 9.17. The Morgan fingerprint density at radius 1 is 1.21 bits per heavy atom. The van der Waals surface area contributed by atoms with Crippen molar-refractivity contribution in [2.75, 3.05) is 10.8 Å². The molecule has 1 aliphatic heterocycles. The van der Waals surface area contributed by atoms with Crippen LogP contribution in [0.3, 0.4) is 0 Å². The monoisotopic (exact) mass is 424 g/mol. The molecule has 3 rings (SSSR count). The summed E-state index contributed by atoms with van der Waals surface area (Å²) in [5.41, 5.74) is 1.19. The Labute approximate surface area is 169 Å². The first-order valence-electron chi connectivity index (χ1n) is 8.63. The molecule has 0 unspecified atom stereocenters. The summed E-state index contributed by atoms with van der Waals surface area (Å²) in [6.07, 6.45) is -4.55. The second-order valence-corrected chi connectivity index (χ2v) is 6.83. The molecule has 1 amide bonds. The minimum atomic E-state index is -4.48. The molecule has 0 saturated carbocycles. The zero-order chi connectivity index (χ0) is 21.2. The Bertz CT molecular complexity index is 989. The zero-order valence-corrected chi connectivity index (χ0v) is 16.0. The van der Waals surface area contributed by atoms with E-state index in [1.807, 2.05) is 6.92 Å². The van der Waals surface area contributed by atoms with E-state index in [-0.39, 0.29) is 24.6 Å². The fraction of sp³-hybridized carbons (Fsp3) is 0.250. The van der Waals surface area contributed by atoms with Gasteiger partial charge in [0.05, 0.1) is 24.2 Å². The number of carbonyl (C=O) groups excluding carboxylic acids is 2. The quantitative estimate of drug-likeness (QED) is 0.405. The Balaban J connectivity index is 1.94. The Morgan fingerprint density at radius 3 is 2.66 bits per heavy atom. The molecular weight excluding hydrogens is 409 g/mol. The fourth-order valence-corrected chi connectivity index (χ4v) is 3.07. The summed E-state index contributed by atoms with van der Waals surface area (Å²) in [5, 5.41) is 3.69. The molecule has 0 N–H and O–H groups in total. The highest BCUT2D eigenvalue weighted by Crippen LogP contribution is 2.33. The normalized spacial score (nSPS) is 15.0. The molecule has 0 fully saturated rings. The van der Waals surface area contributed by atoms with Gasteiger partial charge in [-0.1, -0.05) is 28.9 Å². The van der Waals surface area contributed by atoms with E-state index in [0.717, 1.165) is 17.7 Å². The third-order valence-corrected chi connectivity index (χ3v) is 4.47. The lowest BCUT2D eigenvalue weighted by atomic mass is 10.1. The highest BCUT2D eigenvalue weighted by Gasteiger charge is 2.36. The standard InChI is InChI=1S/C20H16ClF3N2O3/c1-12-5-6-16-15(9-12)18(25-29-17(27)7-8-21)19(28)26(16)11-13-3-2-4-14(10-13)20(22,23)24/h2-6,9-10H,7-8,11H2,1H3. The van der Waals surface area contributed by atoms with Crippen molar-refractivity contribution < 1.29 is 27.6 Å². The highest BCUT2D eigenvalue weighted by atomic mass is 35.5. The highest BCUT2D eigenvalue weighted by molar-refractivity contribution is 6.54. The number of anilines is 1. The van der Waals surface area contributed by atoms with Crippen molar-refractivity contribution in [2.45, 2.75) is 26.1 Å². The molecule has 0 aliphatic carbocycles. The smallest absolute Gasteiger partial charge is 0.317 e. The third-order valence-electron chi connectivity index (χ3n) is 4.28. The molecule has 152 valence electrons. The molecule has 2 aromatic carbocycles. The van der Waals surface area contributed by atoms with Gasteiger partial charge in [-0.25, -0.2) is 4.79 Å². The summed E-state index contributed by atoms with van der Waals surface area (Å²) < 4.78 is 39.0. The van der Waals surface area contributed by atoms with Gasteiger partial charge in [0.25, 0.3) is 5.91 Å². The van der Waals surface area contributed by atoms with E-state index in [1.54, 1.807) is 18.2 Å². The van der Waals surface area contributed by atoms with Gasteiger partial charge in [0.1, 0.15) is 0 Å². The van der Waals surface area contributed by atoms with E-state index >= 15 is 0 Å². The Hall–Kier alpha value is -2.87. The van der Waals surface area contributed by atoms with Gasteiger partial charge in [-0.3, -0.25) is 4.79 Å². The molecule has 9 heteroatoms. The van der Waals surface area contributed by atoms with Gasteiger partial charge in [-0.2, -0.15) is 13.2 Å². The number of halogens is 4. The minimum absolute atomic E-state index is 0.0506. The van der Waals surface area contributed by atoms with Crippen LogP contribution in [0.25, 0.3) is 0 Å². The lowest BCUT2D eigenvalue weighted by Gasteiger charge is -2.18. The zero-order valence-electron chi connectivity index (χ0n) is 15.3. The van der Waals surface area contributed by atoms with E-state index in [2.05, 4.69) is 5.16 Å². The first kappa shape index (κ1) is 20.9. The fourth-order valence-electron chi connectivity index (χ4n) is 2.92. The number of oxime groups is 1. The Kier molecular flexibility index (Phi) is 5.93. The van der Waals surface area contributed by atoms with Gasteiger partial charge in [0.2, 0.25) is 0 Å². The number of hydrogen-bond acceptors (Lipinski definition) is 4. The first-order chi connectivity index (χ1) is 13.7. The summed E-state index contributed by atoms with van der Waals surface area (Å²) in [4.78, 5) is 30.5. The molecule has 0 saturated heterocycles. The van der Waals surface area contributed by atoms with E-state index in [4.69, 9.17) is 16.4 Å². The maximum absolute atomic E-state index is 13.0. The summed E-state index contributed by atoms with van der Waals surface area (Å²) >= 11 is 5.48. The van der Waals surface area contributed by atoms with E-state index < -0.39 is 23.6 Å². The van der Waals surface area contributed by atoms with Gasteiger partial charge < -0.3 is 9.74 Å². The van der Waals surface area contributed by atoms with Crippen molar-refractivity contribution in [2.24, 2.45) is 5.16 Å². The van der Waals surface area contributed by atoms with Crippen molar-refractivity contribution in [3.8, 4) is 0 Å². The molecule has 29 heavy (non-hydrogen) atoms. The maximum atomic E-state index is 13.0. The van der Waals surface area contributed by atoms with Crippen LogP contribution in [-0.4, -0.2) is 23.5 Å². The van der Waals surface area contributed by atoms with Crippen molar-refractivity contribution >= 4 is 34.9 Å². The Morgan fingerprint density at radius 2 is 1.97 bits per heavy atom. The number of nitrogens with zero attached hydrogens (tertiary/aromatic N) is 2. The maximum Gasteiger partial charge on any atom is 0.416 e. The molecule has 1 aliphatic rings. The summed E-state index contributed by atoms with van der Waals surface area (Å²) in [7, 11) is 0. The van der Waals surface area contributed by atoms with Crippen LogP contribution in [0.1, 0.15) is 28.7 Å². The molecular formula is C20H16ClF3N2O3. The number of amides is 1. The number of aryl methyl sites for hydroxylation is 1. The van der Waals surface area contributed by atoms with Gasteiger partial charge >= 0.3 is 12.1 Å². The molecule has 1 heterocycles. The van der Waals surface area contributed by atoms with Crippen molar-refractivity contribution in [3.05, 3.63) is 64.7 Å². The second-order valence-electron chi connectivity index (χ2n) is 6.45. The number of rotatable bonds is 5. The van der Waals surface area contributed by atoms with Crippen LogP contribution in [0.15, 0.2) is 47.6 Å². The number of hydrogen-bond donors (Lipinski definition) is 0. The van der Waals surface area contributed by atoms with Crippen molar-refractivity contribution in [1.82, 2.24) is 0 Å². The van der Waals surface area contributed by atoms with E-state index in [1.165, 1.54) is 17.0 Å². The predicted octanol–water partition coefficient (Wildman–Crippen LogP) is 4.44. The van der Waals surface area contributed by atoms with Crippen molar-refractivity contribution in [3.63, 3.8) is 0 Å². The van der Waals surface area contributed by atoms with Crippen LogP contribution in [0.5, 0.6) is 0 Å². The van der Waals surface area contributed by atoms with Crippen LogP contribution in [0.2, 0.25) is 0 Å². The van der Waals surface area contributed by atoms with Crippen LogP contribution >= 0.6 is 11.6 Å². The molecule has 0 aromatic heterocycles.